The molecule has 0 aromatic heterocycles. The van der Waals surface area contributed by atoms with Gasteiger partial charge in [-0.3, -0.25) is 0 Å². The molecule has 1 fully saturated rings. The maximum atomic E-state index is 8.92. The van der Waals surface area contributed by atoms with Gasteiger partial charge >= 0.3 is 0 Å². The molecule has 3 N–H and O–H groups in total. The van der Waals surface area contributed by atoms with Crippen molar-refractivity contribution in [3.8, 4) is 0 Å². The summed E-state index contributed by atoms with van der Waals surface area (Å²) in [6.07, 6.45) is 5.21. The quantitative estimate of drug-likeness (QED) is 0.500. The molecule has 0 aromatic carbocycles. The Balaban J connectivity index is 2.44. The van der Waals surface area contributed by atoms with Crippen LogP contribution in [0, 0.1) is 0 Å². The van der Waals surface area contributed by atoms with E-state index < -0.39 is 0 Å². The lowest BCUT2D eigenvalue weighted by Gasteiger charge is -2.33. The molecule has 0 aromatic rings. The van der Waals surface area contributed by atoms with Gasteiger partial charge in [-0.15, -0.1) is 0 Å². The Morgan fingerprint density at radius 3 is 2.10 bits per heavy atom. The Kier molecular flexibility index (Phi) is 2.65. The topological polar surface area (TPSA) is 52.5 Å². The third-order valence-corrected chi connectivity index (χ3v) is 2.35. The zero-order valence-corrected chi connectivity index (χ0v) is 6.14. The molecular weight excluding hydrogens is 130 g/mol. The molecule has 0 heterocycles. The summed E-state index contributed by atoms with van der Waals surface area (Å²) in [7, 11) is 0. The van der Waals surface area contributed by atoms with Gasteiger partial charge in [-0.05, 0) is 12.8 Å². The molecule has 1 saturated carbocycles. The molecule has 0 atom stereocenters. The van der Waals surface area contributed by atoms with Crippen LogP contribution in [-0.2, 0) is 0 Å². The zero-order chi connectivity index (χ0) is 7.45. The van der Waals surface area contributed by atoms with E-state index in [1.807, 2.05) is 0 Å². The first-order valence-electron chi connectivity index (χ1n) is 3.85. The molecule has 0 unspecified atom stereocenters. The number of hydrogen-bond donors (Lipinski definition) is 3. The van der Waals surface area contributed by atoms with Crippen molar-refractivity contribution in [2.45, 2.75) is 37.6 Å². The van der Waals surface area contributed by atoms with Gasteiger partial charge in [0.1, 0.15) is 0 Å². The van der Waals surface area contributed by atoms with Crippen LogP contribution in [0.4, 0.5) is 0 Å². The molecular formula is C7H15NO2. The highest BCUT2D eigenvalue weighted by atomic mass is 16.5. The molecule has 0 radical (unpaired) electrons. The fraction of sp³-hybridized carbons (Fsp3) is 1.00. The molecule has 0 amide bonds. The van der Waals surface area contributed by atoms with Gasteiger partial charge in [0.05, 0.1) is 12.1 Å². The summed E-state index contributed by atoms with van der Waals surface area (Å²) in [6.45, 7) is 0.0451. The van der Waals surface area contributed by atoms with Crippen molar-refractivity contribution in [1.82, 2.24) is 5.48 Å². The summed E-state index contributed by atoms with van der Waals surface area (Å²) in [6, 6.07) is 0. The lowest BCUT2D eigenvalue weighted by molar-refractivity contribution is -0.0000196. The van der Waals surface area contributed by atoms with Gasteiger partial charge in [-0.1, -0.05) is 19.3 Å². The van der Waals surface area contributed by atoms with E-state index in [4.69, 9.17) is 10.3 Å². The summed E-state index contributed by atoms with van der Waals surface area (Å²) in [5, 5.41) is 17.7. The number of hydroxylamine groups is 1. The van der Waals surface area contributed by atoms with E-state index in [2.05, 4.69) is 5.48 Å². The second-order valence-corrected chi connectivity index (χ2v) is 3.11. The Bertz CT molecular complexity index is 93.8. The third kappa shape index (κ3) is 1.48. The molecule has 0 saturated heterocycles. The third-order valence-electron chi connectivity index (χ3n) is 2.35. The lowest BCUT2D eigenvalue weighted by atomic mass is 9.83. The van der Waals surface area contributed by atoms with Crippen LogP contribution in [0.3, 0.4) is 0 Å². The average Bonchev–Trinajstić information content (AvgIpc) is 2.06. The minimum Gasteiger partial charge on any atom is -0.394 e. The van der Waals surface area contributed by atoms with Crippen LogP contribution in [0.25, 0.3) is 0 Å². The van der Waals surface area contributed by atoms with Crippen molar-refractivity contribution in [2.75, 3.05) is 6.61 Å². The van der Waals surface area contributed by atoms with Gasteiger partial charge in [0.15, 0.2) is 0 Å². The maximum absolute atomic E-state index is 8.92. The molecule has 3 heteroatoms. The first-order chi connectivity index (χ1) is 4.83. The Hall–Kier alpha value is -0.120. The largest absolute Gasteiger partial charge is 0.394 e. The van der Waals surface area contributed by atoms with Gasteiger partial charge in [-0.2, -0.15) is 5.48 Å². The maximum Gasteiger partial charge on any atom is 0.0660 e. The van der Waals surface area contributed by atoms with E-state index in [-0.39, 0.29) is 12.1 Å². The molecule has 3 nitrogen and oxygen atoms in total. The summed E-state index contributed by atoms with van der Waals surface area (Å²) in [4.78, 5) is 0. The number of aliphatic hydroxyl groups is 1. The van der Waals surface area contributed by atoms with Gasteiger partial charge < -0.3 is 10.3 Å². The Morgan fingerprint density at radius 1 is 1.20 bits per heavy atom. The van der Waals surface area contributed by atoms with E-state index in [1.165, 1.54) is 6.42 Å². The molecule has 1 aliphatic rings. The predicted octanol–water partition coefficient (Wildman–Crippen LogP) is 0.660. The van der Waals surface area contributed by atoms with Crippen molar-refractivity contribution in [3.05, 3.63) is 0 Å². The highest BCUT2D eigenvalue weighted by Crippen LogP contribution is 2.26. The van der Waals surface area contributed by atoms with Gasteiger partial charge in [-0.25, -0.2) is 0 Å². The van der Waals surface area contributed by atoms with Crippen molar-refractivity contribution in [3.63, 3.8) is 0 Å². The molecule has 0 aliphatic heterocycles. The van der Waals surface area contributed by atoms with E-state index in [1.54, 1.807) is 0 Å². The van der Waals surface area contributed by atoms with Crippen molar-refractivity contribution >= 4 is 0 Å². The monoisotopic (exact) mass is 145 g/mol. The summed E-state index contributed by atoms with van der Waals surface area (Å²) >= 11 is 0. The SMILES string of the molecule is OCC1(NO)CCCCC1. The minimum absolute atomic E-state index is 0.0451. The summed E-state index contributed by atoms with van der Waals surface area (Å²) in [5.41, 5.74) is 1.84. The van der Waals surface area contributed by atoms with Crippen LogP contribution in [0.15, 0.2) is 0 Å². The van der Waals surface area contributed by atoms with Gasteiger partial charge in [0, 0.05) is 0 Å². The van der Waals surface area contributed by atoms with Crippen LogP contribution in [-0.4, -0.2) is 22.5 Å². The van der Waals surface area contributed by atoms with Crippen molar-refractivity contribution in [2.24, 2.45) is 0 Å². The standard InChI is InChI=1S/C7H15NO2/c9-6-7(8-10)4-2-1-3-5-7/h8-10H,1-6H2. The fourth-order valence-electron chi connectivity index (χ4n) is 1.53. The van der Waals surface area contributed by atoms with Crippen LogP contribution >= 0.6 is 0 Å². The van der Waals surface area contributed by atoms with E-state index >= 15 is 0 Å². The van der Waals surface area contributed by atoms with E-state index in [9.17, 15) is 0 Å². The molecule has 0 spiro atoms. The van der Waals surface area contributed by atoms with Gasteiger partial charge in [0.25, 0.3) is 0 Å². The van der Waals surface area contributed by atoms with E-state index in [0.29, 0.717) is 0 Å². The predicted molar refractivity (Wildman–Crippen MR) is 37.8 cm³/mol. The highest BCUT2D eigenvalue weighted by Gasteiger charge is 2.30. The van der Waals surface area contributed by atoms with Crippen LogP contribution in [0.5, 0.6) is 0 Å². The first kappa shape index (κ1) is 7.98. The highest BCUT2D eigenvalue weighted by molar-refractivity contribution is 4.86. The van der Waals surface area contributed by atoms with Crippen LogP contribution in [0.1, 0.15) is 32.1 Å². The second-order valence-electron chi connectivity index (χ2n) is 3.11. The van der Waals surface area contributed by atoms with Crippen LogP contribution < -0.4 is 5.48 Å². The first-order valence-corrected chi connectivity index (χ1v) is 3.85. The molecule has 1 aliphatic carbocycles. The normalized spacial score (nSPS) is 24.6. The van der Waals surface area contributed by atoms with Crippen molar-refractivity contribution in [1.29, 1.82) is 0 Å². The Morgan fingerprint density at radius 2 is 1.80 bits per heavy atom. The molecule has 1 rings (SSSR count). The van der Waals surface area contributed by atoms with Crippen LogP contribution in [0.2, 0.25) is 0 Å². The van der Waals surface area contributed by atoms with Gasteiger partial charge in [0.2, 0.25) is 0 Å². The van der Waals surface area contributed by atoms with Crippen molar-refractivity contribution < 1.29 is 10.3 Å². The number of aliphatic hydroxyl groups excluding tert-OH is 1. The summed E-state index contributed by atoms with van der Waals surface area (Å²) < 4.78 is 0. The number of hydrogen-bond acceptors (Lipinski definition) is 3. The second kappa shape index (κ2) is 3.32. The summed E-state index contributed by atoms with van der Waals surface area (Å²) in [5.74, 6) is 0. The zero-order valence-electron chi connectivity index (χ0n) is 6.14. The minimum atomic E-state index is -0.377. The fourth-order valence-corrected chi connectivity index (χ4v) is 1.53. The molecule has 60 valence electrons. The molecule has 0 bridgehead atoms. The van der Waals surface area contributed by atoms with E-state index in [0.717, 1.165) is 25.7 Å². The Labute approximate surface area is 61.0 Å². The molecule has 10 heavy (non-hydrogen) atoms. The number of nitrogens with one attached hydrogen (secondary N) is 1. The average molecular weight is 145 g/mol. The number of rotatable bonds is 2. The lowest BCUT2D eigenvalue weighted by Crippen LogP contribution is -2.48. The smallest absolute Gasteiger partial charge is 0.0660 e.